The van der Waals surface area contributed by atoms with Gasteiger partial charge in [0.15, 0.2) is 23.2 Å². The van der Waals surface area contributed by atoms with E-state index in [1.54, 1.807) is 12.1 Å². The molecule has 1 heterocycles. The van der Waals surface area contributed by atoms with E-state index >= 15 is 4.39 Å². The molecule has 2 fully saturated rings. The van der Waals surface area contributed by atoms with Crippen LogP contribution in [0.2, 0.25) is 0 Å². The van der Waals surface area contributed by atoms with Gasteiger partial charge in [-0.2, -0.15) is 4.39 Å². The number of rotatable bonds is 9. The maximum absolute atomic E-state index is 15.1. The standard InChI is InChI=1S/C31H31F5O3/c1-2-3-25(37)22-12-13-26(31(36)29(22)34)38-15-17-4-6-18(7-5-17)20-9-8-19(14-24(20)32)21-10-11-23(27-16-39-27)30(35)28(21)33/h8-14,17-18,25,27,37H,2-7,15-16H2,1H3. The summed E-state index contributed by atoms with van der Waals surface area (Å²) in [5.41, 5.74) is 0.884. The number of halogens is 5. The second-order valence-corrected chi connectivity index (χ2v) is 10.5. The first-order valence-corrected chi connectivity index (χ1v) is 13.5. The Labute approximate surface area is 224 Å². The van der Waals surface area contributed by atoms with Crippen molar-refractivity contribution in [2.24, 2.45) is 5.92 Å². The minimum Gasteiger partial charge on any atom is -0.490 e. The predicted octanol–water partition coefficient (Wildman–Crippen LogP) is 8.31. The topological polar surface area (TPSA) is 42.0 Å². The molecule has 0 spiro atoms. The summed E-state index contributed by atoms with van der Waals surface area (Å²) in [6.45, 7) is 2.41. The van der Waals surface area contributed by atoms with Crippen molar-refractivity contribution in [2.45, 2.75) is 63.6 Å². The third-order valence-electron chi connectivity index (χ3n) is 7.86. The fourth-order valence-electron chi connectivity index (χ4n) is 5.48. The van der Waals surface area contributed by atoms with Crippen LogP contribution in [0.3, 0.4) is 0 Å². The molecule has 3 aromatic carbocycles. The lowest BCUT2D eigenvalue weighted by molar-refractivity contribution is 0.159. The minimum atomic E-state index is -1.11. The molecule has 5 rings (SSSR count). The highest BCUT2D eigenvalue weighted by atomic mass is 19.2. The molecule has 1 aliphatic heterocycles. The molecule has 1 aliphatic carbocycles. The van der Waals surface area contributed by atoms with Gasteiger partial charge in [0.2, 0.25) is 5.82 Å². The fraction of sp³-hybridized carbons (Fsp3) is 0.419. The van der Waals surface area contributed by atoms with E-state index in [9.17, 15) is 22.7 Å². The summed E-state index contributed by atoms with van der Waals surface area (Å²) in [4.78, 5) is 0. The Bertz CT molecular complexity index is 1330. The Balaban J connectivity index is 1.19. The summed E-state index contributed by atoms with van der Waals surface area (Å²) in [7, 11) is 0. The maximum atomic E-state index is 15.1. The average Bonchev–Trinajstić information content (AvgIpc) is 3.77. The lowest BCUT2D eigenvalue weighted by Gasteiger charge is -2.29. The molecule has 39 heavy (non-hydrogen) atoms. The van der Waals surface area contributed by atoms with Gasteiger partial charge in [-0.1, -0.05) is 37.6 Å². The van der Waals surface area contributed by atoms with Gasteiger partial charge in [-0.25, -0.2) is 17.6 Å². The van der Waals surface area contributed by atoms with Crippen LogP contribution in [0.25, 0.3) is 11.1 Å². The van der Waals surface area contributed by atoms with Crippen LogP contribution in [0.15, 0.2) is 42.5 Å². The van der Waals surface area contributed by atoms with Crippen molar-refractivity contribution >= 4 is 0 Å². The van der Waals surface area contributed by atoms with Crippen LogP contribution in [0, 0.1) is 35.0 Å². The third kappa shape index (κ3) is 5.82. The van der Waals surface area contributed by atoms with Crippen molar-refractivity contribution in [3.8, 4) is 16.9 Å². The number of aliphatic hydroxyl groups is 1. The smallest absolute Gasteiger partial charge is 0.200 e. The van der Waals surface area contributed by atoms with E-state index in [2.05, 4.69) is 0 Å². The van der Waals surface area contributed by atoms with E-state index in [0.29, 0.717) is 50.7 Å². The highest BCUT2D eigenvalue weighted by Gasteiger charge is 2.31. The quantitative estimate of drug-likeness (QED) is 0.217. The molecule has 2 aliphatic rings. The summed E-state index contributed by atoms with van der Waals surface area (Å²) >= 11 is 0. The third-order valence-corrected chi connectivity index (χ3v) is 7.86. The monoisotopic (exact) mass is 546 g/mol. The van der Waals surface area contributed by atoms with E-state index < -0.39 is 41.3 Å². The second-order valence-electron chi connectivity index (χ2n) is 10.5. The van der Waals surface area contributed by atoms with Crippen LogP contribution < -0.4 is 4.74 Å². The van der Waals surface area contributed by atoms with Crippen LogP contribution in [0.5, 0.6) is 5.75 Å². The van der Waals surface area contributed by atoms with Gasteiger partial charge in [-0.15, -0.1) is 0 Å². The highest BCUT2D eigenvalue weighted by molar-refractivity contribution is 5.65. The van der Waals surface area contributed by atoms with Crippen LogP contribution in [-0.4, -0.2) is 18.3 Å². The minimum absolute atomic E-state index is 0.000202. The molecule has 8 heteroatoms. The summed E-state index contributed by atoms with van der Waals surface area (Å²) in [5, 5.41) is 10.0. The SMILES string of the molecule is CCCC(O)c1ccc(OCC2CCC(c3ccc(-c4ccc(C5CO5)c(F)c4F)cc3F)CC2)c(F)c1F. The molecule has 1 saturated carbocycles. The van der Waals surface area contributed by atoms with E-state index in [-0.39, 0.29) is 46.4 Å². The first-order chi connectivity index (χ1) is 18.8. The van der Waals surface area contributed by atoms with Gasteiger partial charge in [0.1, 0.15) is 11.9 Å². The largest absolute Gasteiger partial charge is 0.490 e. The lowest BCUT2D eigenvalue weighted by atomic mass is 9.78. The van der Waals surface area contributed by atoms with Crippen molar-refractivity contribution in [3.63, 3.8) is 0 Å². The number of ether oxygens (including phenoxy) is 2. The van der Waals surface area contributed by atoms with Gasteiger partial charge in [0.25, 0.3) is 0 Å². The zero-order chi connectivity index (χ0) is 27.7. The fourth-order valence-corrected chi connectivity index (χ4v) is 5.48. The van der Waals surface area contributed by atoms with Gasteiger partial charge in [0.05, 0.1) is 19.3 Å². The number of hydrogen-bond acceptors (Lipinski definition) is 3. The van der Waals surface area contributed by atoms with E-state index in [1.165, 1.54) is 30.3 Å². The summed E-state index contributed by atoms with van der Waals surface area (Å²) in [5.74, 6) is -4.78. The van der Waals surface area contributed by atoms with Crippen molar-refractivity contribution in [3.05, 3.63) is 88.2 Å². The van der Waals surface area contributed by atoms with E-state index in [0.717, 1.165) is 0 Å². The molecule has 0 bridgehead atoms. The molecule has 3 nitrogen and oxygen atoms in total. The first kappa shape index (κ1) is 27.6. The van der Waals surface area contributed by atoms with Crippen molar-refractivity contribution in [1.82, 2.24) is 0 Å². The van der Waals surface area contributed by atoms with Crippen LogP contribution in [0.1, 0.15) is 80.3 Å². The van der Waals surface area contributed by atoms with Gasteiger partial charge in [0, 0.05) is 16.7 Å². The van der Waals surface area contributed by atoms with Crippen LogP contribution >= 0.6 is 0 Å². The lowest BCUT2D eigenvalue weighted by Crippen LogP contribution is -2.20. The molecule has 1 saturated heterocycles. The molecule has 0 amide bonds. The maximum Gasteiger partial charge on any atom is 0.200 e. The van der Waals surface area contributed by atoms with Crippen molar-refractivity contribution in [1.29, 1.82) is 0 Å². The van der Waals surface area contributed by atoms with Gasteiger partial charge in [-0.3, -0.25) is 0 Å². The van der Waals surface area contributed by atoms with Gasteiger partial charge in [-0.05, 0) is 73.3 Å². The Kier molecular flexibility index (Phi) is 8.24. The first-order valence-electron chi connectivity index (χ1n) is 13.5. The number of epoxide rings is 1. The van der Waals surface area contributed by atoms with Crippen molar-refractivity contribution < 1.29 is 36.5 Å². The van der Waals surface area contributed by atoms with E-state index in [1.807, 2.05) is 6.92 Å². The average molecular weight is 547 g/mol. The normalized spacial score (nSPS) is 21.6. The molecule has 1 N–H and O–H groups in total. The molecular formula is C31H31F5O3. The van der Waals surface area contributed by atoms with Crippen LogP contribution in [-0.2, 0) is 4.74 Å². The zero-order valence-electron chi connectivity index (χ0n) is 21.7. The molecular weight excluding hydrogens is 515 g/mol. The molecule has 0 radical (unpaired) electrons. The Hall–Kier alpha value is -2.97. The second kappa shape index (κ2) is 11.6. The highest BCUT2D eigenvalue weighted by Crippen LogP contribution is 2.40. The molecule has 2 unspecified atom stereocenters. The molecule has 0 aromatic heterocycles. The zero-order valence-corrected chi connectivity index (χ0v) is 21.7. The molecule has 2 atom stereocenters. The number of benzene rings is 3. The summed E-state index contributed by atoms with van der Waals surface area (Å²) in [6, 6.07) is 10.1. The number of hydrogen-bond donors (Lipinski definition) is 1. The number of aliphatic hydroxyl groups excluding tert-OH is 1. The van der Waals surface area contributed by atoms with Gasteiger partial charge < -0.3 is 14.6 Å². The van der Waals surface area contributed by atoms with Crippen LogP contribution in [0.4, 0.5) is 22.0 Å². The Morgan fingerprint density at radius 2 is 1.59 bits per heavy atom. The van der Waals surface area contributed by atoms with Gasteiger partial charge >= 0.3 is 0 Å². The Morgan fingerprint density at radius 3 is 2.26 bits per heavy atom. The summed E-state index contributed by atoms with van der Waals surface area (Å²) < 4.78 is 83.7. The summed E-state index contributed by atoms with van der Waals surface area (Å²) in [6.07, 6.45) is 2.29. The Morgan fingerprint density at radius 1 is 0.872 bits per heavy atom. The molecule has 3 aromatic rings. The predicted molar refractivity (Wildman–Crippen MR) is 137 cm³/mol. The van der Waals surface area contributed by atoms with Crippen molar-refractivity contribution in [2.75, 3.05) is 13.2 Å². The molecule has 208 valence electrons. The van der Waals surface area contributed by atoms with E-state index in [4.69, 9.17) is 9.47 Å².